The molecule has 35 heavy (non-hydrogen) atoms. The van der Waals surface area contributed by atoms with Gasteiger partial charge in [0.15, 0.2) is 0 Å². The van der Waals surface area contributed by atoms with E-state index in [0.29, 0.717) is 0 Å². The average molecular weight is 500 g/mol. The van der Waals surface area contributed by atoms with Gasteiger partial charge >= 0.3 is 0 Å². The van der Waals surface area contributed by atoms with Crippen LogP contribution in [0, 0.1) is 0 Å². The Morgan fingerprint density at radius 3 is 1.66 bits per heavy atom. The lowest BCUT2D eigenvalue weighted by atomic mass is 9.99. The highest BCUT2D eigenvalue weighted by Gasteiger charge is 2.46. The van der Waals surface area contributed by atoms with Gasteiger partial charge in [-0.1, -0.05) is 12.1 Å². The van der Waals surface area contributed by atoms with Crippen molar-refractivity contribution in [2.75, 3.05) is 13.2 Å². The molecule has 9 N–H and O–H groups in total. The third kappa shape index (κ3) is 4.75. The van der Waals surface area contributed by atoms with Gasteiger partial charge in [-0.2, -0.15) is 0 Å². The summed E-state index contributed by atoms with van der Waals surface area (Å²) in [5, 5.41) is 90.1. The Hall–Kier alpha value is -2.30. The van der Waals surface area contributed by atoms with E-state index in [0.717, 1.165) is 0 Å². The van der Waals surface area contributed by atoms with Gasteiger partial charge in [-0.25, -0.2) is 0 Å². The van der Waals surface area contributed by atoms with E-state index < -0.39 is 74.6 Å². The van der Waals surface area contributed by atoms with Gasteiger partial charge in [0.2, 0.25) is 12.6 Å². The Morgan fingerprint density at radius 2 is 1.14 bits per heavy atom. The monoisotopic (exact) mass is 500 g/mol. The van der Waals surface area contributed by atoms with E-state index in [1.54, 1.807) is 0 Å². The first kappa shape index (κ1) is 25.8. The van der Waals surface area contributed by atoms with E-state index in [9.17, 15) is 46.0 Å². The lowest BCUT2D eigenvalue weighted by Crippen LogP contribution is -2.60. The van der Waals surface area contributed by atoms with Crippen molar-refractivity contribution in [3.63, 3.8) is 0 Å². The maximum Gasteiger partial charge on any atom is 0.229 e. The van der Waals surface area contributed by atoms with Crippen molar-refractivity contribution in [3.05, 3.63) is 30.3 Å². The second-order valence-corrected chi connectivity index (χ2v) is 8.39. The largest absolute Gasteiger partial charge is 0.507 e. The zero-order chi connectivity index (χ0) is 25.4. The maximum atomic E-state index is 10.5. The lowest BCUT2D eigenvalue weighted by molar-refractivity contribution is -0.277. The molecule has 13 nitrogen and oxygen atoms in total. The normalized spacial score (nSPS) is 37.8. The molecule has 2 fully saturated rings. The van der Waals surface area contributed by atoms with Gasteiger partial charge in [0.1, 0.15) is 66.1 Å². The summed E-state index contributed by atoms with van der Waals surface area (Å²) >= 11 is 0. The number of aromatic hydroxyl groups is 1. The Labute approximate surface area is 198 Å². The van der Waals surface area contributed by atoms with Crippen LogP contribution in [0.1, 0.15) is 0 Å². The van der Waals surface area contributed by atoms with E-state index in [4.69, 9.17) is 18.9 Å². The standard InChI is InChI=1S/C22H28O13/c23-6-12-15(26)17(28)19(30)21(34-12)32-10-5-4-9(25)14-8(10)2-1-3-11(14)33-22-20(31)18(29)16(27)13(7-24)35-22/h1-5,12-13,15-31H,6-7H2/t12-,13-,15-,16-,17+,18+,19-,20-,21-,22-/m1/s1. The van der Waals surface area contributed by atoms with Crippen LogP contribution in [0.2, 0.25) is 0 Å². The fourth-order valence-corrected chi connectivity index (χ4v) is 4.11. The highest BCUT2D eigenvalue weighted by atomic mass is 16.7. The van der Waals surface area contributed by atoms with Gasteiger partial charge < -0.3 is 64.9 Å². The number of benzene rings is 2. The molecule has 10 atom stereocenters. The number of hydrogen-bond donors (Lipinski definition) is 9. The average Bonchev–Trinajstić information content (AvgIpc) is 2.86. The maximum absolute atomic E-state index is 10.5. The first-order valence-electron chi connectivity index (χ1n) is 10.9. The molecule has 0 bridgehead atoms. The Bertz CT molecular complexity index is 1010. The van der Waals surface area contributed by atoms with Crippen LogP contribution >= 0.6 is 0 Å². The summed E-state index contributed by atoms with van der Waals surface area (Å²) in [6.45, 7) is -1.29. The van der Waals surface area contributed by atoms with Crippen LogP contribution in [0.15, 0.2) is 30.3 Å². The van der Waals surface area contributed by atoms with Crippen molar-refractivity contribution in [2.24, 2.45) is 0 Å². The predicted molar refractivity (Wildman–Crippen MR) is 114 cm³/mol. The van der Waals surface area contributed by atoms with Crippen molar-refractivity contribution < 1.29 is 64.9 Å². The molecule has 2 aliphatic rings. The third-order valence-electron chi connectivity index (χ3n) is 6.12. The van der Waals surface area contributed by atoms with Gasteiger partial charge in [-0.15, -0.1) is 0 Å². The number of phenols is 1. The first-order valence-corrected chi connectivity index (χ1v) is 10.9. The van der Waals surface area contributed by atoms with Crippen LogP contribution in [0.5, 0.6) is 17.2 Å². The van der Waals surface area contributed by atoms with E-state index >= 15 is 0 Å². The molecule has 2 aromatic carbocycles. The predicted octanol–water partition coefficient (Wildman–Crippen LogP) is -3.10. The van der Waals surface area contributed by atoms with Gasteiger partial charge in [0, 0.05) is 5.39 Å². The Kier molecular flexibility index (Phi) is 7.63. The van der Waals surface area contributed by atoms with Crippen molar-refractivity contribution >= 4 is 10.8 Å². The van der Waals surface area contributed by atoms with Crippen molar-refractivity contribution in [2.45, 2.75) is 61.4 Å². The van der Waals surface area contributed by atoms with Crippen LogP contribution < -0.4 is 9.47 Å². The van der Waals surface area contributed by atoms with Gasteiger partial charge in [-0.05, 0) is 18.2 Å². The van der Waals surface area contributed by atoms with Crippen molar-refractivity contribution in [1.29, 1.82) is 0 Å². The van der Waals surface area contributed by atoms with Crippen molar-refractivity contribution in [1.82, 2.24) is 0 Å². The molecule has 2 heterocycles. The quantitative estimate of drug-likeness (QED) is 0.192. The molecule has 2 aromatic rings. The zero-order valence-electron chi connectivity index (χ0n) is 18.2. The molecule has 194 valence electrons. The van der Waals surface area contributed by atoms with E-state index in [1.165, 1.54) is 30.3 Å². The Balaban J connectivity index is 1.64. The Morgan fingerprint density at radius 1 is 0.629 bits per heavy atom. The van der Waals surface area contributed by atoms with Gasteiger partial charge in [-0.3, -0.25) is 0 Å². The molecular formula is C22H28O13. The van der Waals surface area contributed by atoms with Crippen LogP contribution in [0.4, 0.5) is 0 Å². The fraction of sp³-hybridized carbons (Fsp3) is 0.545. The minimum atomic E-state index is -1.68. The second kappa shape index (κ2) is 10.4. The van der Waals surface area contributed by atoms with E-state index in [-0.39, 0.29) is 28.0 Å². The molecule has 0 aromatic heterocycles. The SMILES string of the molecule is OC[C@H]1O[C@@H](Oc2ccc(O)c3c(O[C@@H]4O[C@H](CO)[C@@H](O)[C@H](O)[C@H]4O)cccc23)[C@H](O)[C@@H](O)[C@@H]1O. The highest BCUT2D eigenvalue weighted by molar-refractivity contribution is 5.97. The minimum absolute atomic E-state index is 0.0106. The number of aliphatic hydroxyl groups is 8. The van der Waals surface area contributed by atoms with E-state index in [1.807, 2.05) is 0 Å². The molecule has 2 aliphatic heterocycles. The van der Waals surface area contributed by atoms with E-state index in [2.05, 4.69) is 0 Å². The van der Waals surface area contributed by atoms with Crippen molar-refractivity contribution in [3.8, 4) is 17.2 Å². The number of rotatable bonds is 6. The summed E-state index contributed by atoms with van der Waals surface area (Å²) in [6, 6.07) is 7.09. The molecule has 0 unspecified atom stereocenters. The van der Waals surface area contributed by atoms with Gasteiger partial charge in [0.25, 0.3) is 0 Å². The summed E-state index contributed by atoms with van der Waals surface area (Å²) in [4.78, 5) is 0. The van der Waals surface area contributed by atoms with Crippen LogP contribution in [0.3, 0.4) is 0 Å². The number of fused-ring (bicyclic) bond motifs is 1. The van der Waals surface area contributed by atoms with Crippen LogP contribution in [0.25, 0.3) is 10.8 Å². The number of aliphatic hydroxyl groups excluding tert-OH is 8. The first-order chi connectivity index (χ1) is 16.7. The van der Waals surface area contributed by atoms with Gasteiger partial charge in [0.05, 0.1) is 18.6 Å². The summed E-state index contributed by atoms with van der Waals surface area (Å²) in [7, 11) is 0. The number of phenolic OH excluding ortho intramolecular Hbond substituents is 1. The topological polar surface area (TPSA) is 219 Å². The second-order valence-electron chi connectivity index (χ2n) is 8.39. The minimum Gasteiger partial charge on any atom is -0.507 e. The van der Waals surface area contributed by atoms with Crippen LogP contribution in [-0.4, -0.2) is 121 Å². The molecule has 0 saturated carbocycles. The summed E-state index contributed by atoms with van der Waals surface area (Å²) in [6.07, 6.45) is -15.2. The molecule has 0 radical (unpaired) electrons. The molecule has 2 saturated heterocycles. The number of ether oxygens (including phenoxy) is 4. The third-order valence-corrected chi connectivity index (χ3v) is 6.12. The summed E-state index contributed by atoms with van der Waals surface area (Å²) < 4.78 is 22.1. The molecule has 13 heteroatoms. The smallest absolute Gasteiger partial charge is 0.229 e. The highest BCUT2D eigenvalue weighted by Crippen LogP contribution is 2.40. The zero-order valence-corrected chi connectivity index (χ0v) is 18.2. The molecule has 4 rings (SSSR count). The molecular weight excluding hydrogens is 472 g/mol. The fourth-order valence-electron chi connectivity index (χ4n) is 4.11. The molecule has 0 spiro atoms. The summed E-state index contributed by atoms with van der Waals surface area (Å²) in [5.41, 5.74) is 0. The molecule has 0 amide bonds. The lowest BCUT2D eigenvalue weighted by Gasteiger charge is -2.40. The van der Waals surface area contributed by atoms with Crippen LogP contribution in [-0.2, 0) is 9.47 Å². The number of hydrogen-bond acceptors (Lipinski definition) is 13. The molecule has 0 aliphatic carbocycles. The summed E-state index contributed by atoms with van der Waals surface area (Å²) in [5.74, 6) is -0.202.